The summed E-state index contributed by atoms with van der Waals surface area (Å²) in [5.74, 6) is -0.595. The standard InChI is InChI=1S/C13H19ClN2O4S/c1-13(2,3)7-16-12(17)9-5-8(14)6-10(11(9)20-4)21(15,18)19/h5-6H,7H2,1-4H3,(H,16,17)(H2,15,18,19). The molecule has 118 valence electrons. The van der Waals surface area contributed by atoms with E-state index in [0.717, 1.165) is 6.07 Å². The number of sulfonamides is 1. The molecule has 0 bridgehead atoms. The van der Waals surface area contributed by atoms with Crippen LogP contribution in [-0.2, 0) is 10.0 Å². The number of nitrogens with two attached hydrogens (primary N) is 1. The van der Waals surface area contributed by atoms with Crippen molar-refractivity contribution in [3.05, 3.63) is 22.7 Å². The summed E-state index contributed by atoms with van der Waals surface area (Å²) in [5.41, 5.74) is -0.0946. The van der Waals surface area contributed by atoms with E-state index in [4.69, 9.17) is 21.5 Å². The third-order valence-corrected chi connectivity index (χ3v) is 3.69. The van der Waals surface area contributed by atoms with E-state index in [9.17, 15) is 13.2 Å². The van der Waals surface area contributed by atoms with E-state index in [1.807, 2.05) is 20.8 Å². The molecule has 6 nitrogen and oxygen atoms in total. The fraction of sp³-hybridized carbons (Fsp3) is 0.462. The van der Waals surface area contributed by atoms with Crippen molar-refractivity contribution in [2.75, 3.05) is 13.7 Å². The molecule has 1 aromatic carbocycles. The Hall–Kier alpha value is -1.31. The number of ether oxygens (including phenoxy) is 1. The van der Waals surface area contributed by atoms with E-state index < -0.39 is 15.9 Å². The van der Waals surface area contributed by atoms with Crippen LogP contribution in [0.2, 0.25) is 5.02 Å². The maximum atomic E-state index is 12.2. The van der Waals surface area contributed by atoms with Gasteiger partial charge in [-0.25, -0.2) is 13.6 Å². The lowest BCUT2D eigenvalue weighted by atomic mass is 9.97. The molecule has 0 aliphatic heterocycles. The van der Waals surface area contributed by atoms with Crippen LogP contribution in [0.25, 0.3) is 0 Å². The summed E-state index contributed by atoms with van der Waals surface area (Å²) in [5, 5.41) is 7.91. The number of primary sulfonamides is 1. The number of nitrogens with one attached hydrogen (secondary N) is 1. The van der Waals surface area contributed by atoms with Crippen LogP contribution in [0, 0.1) is 5.41 Å². The molecule has 3 N–H and O–H groups in total. The maximum absolute atomic E-state index is 12.2. The molecule has 0 saturated heterocycles. The molecule has 21 heavy (non-hydrogen) atoms. The summed E-state index contributed by atoms with van der Waals surface area (Å²) in [6.07, 6.45) is 0. The number of rotatable bonds is 4. The Morgan fingerprint density at radius 3 is 2.38 bits per heavy atom. The van der Waals surface area contributed by atoms with E-state index in [0.29, 0.717) is 6.54 Å². The molecular formula is C13H19ClN2O4S. The quantitative estimate of drug-likeness (QED) is 0.876. The number of benzene rings is 1. The maximum Gasteiger partial charge on any atom is 0.255 e. The van der Waals surface area contributed by atoms with Crippen LogP contribution in [0.3, 0.4) is 0 Å². The van der Waals surface area contributed by atoms with Crippen molar-refractivity contribution in [1.82, 2.24) is 5.32 Å². The van der Waals surface area contributed by atoms with Gasteiger partial charge in [-0.2, -0.15) is 0 Å². The molecule has 1 rings (SSSR count). The van der Waals surface area contributed by atoms with Gasteiger partial charge in [0.1, 0.15) is 4.90 Å². The first-order chi connectivity index (χ1) is 9.45. The molecule has 0 aromatic heterocycles. The molecule has 1 aromatic rings. The van der Waals surface area contributed by atoms with Crippen molar-refractivity contribution in [3.63, 3.8) is 0 Å². The highest BCUT2D eigenvalue weighted by molar-refractivity contribution is 7.89. The number of halogens is 1. The first kappa shape index (κ1) is 17.7. The zero-order chi connectivity index (χ0) is 16.4. The molecule has 0 radical (unpaired) electrons. The second kappa shape index (κ2) is 6.21. The summed E-state index contributed by atoms with van der Waals surface area (Å²) < 4.78 is 28.2. The Kier molecular flexibility index (Phi) is 5.25. The molecule has 0 aliphatic carbocycles. The topological polar surface area (TPSA) is 98.5 Å². The third kappa shape index (κ3) is 4.87. The van der Waals surface area contributed by atoms with Gasteiger partial charge in [0.25, 0.3) is 5.91 Å². The highest BCUT2D eigenvalue weighted by Crippen LogP contribution is 2.31. The summed E-state index contributed by atoms with van der Waals surface area (Å²) in [6.45, 7) is 6.28. The number of amides is 1. The van der Waals surface area contributed by atoms with Crippen LogP contribution in [-0.4, -0.2) is 28.0 Å². The van der Waals surface area contributed by atoms with Crippen molar-refractivity contribution in [3.8, 4) is 5.75 Å². The predicted molar refractivity (Wildman–Crippen MR) is 81.2 cm³/mol. The summed E-state index contributed by atoms with van der Waals surface area (Å²) in [4.78, 5) is 11.9. The summed E-state index contributed by atoms with van der Waals surface area (Å²) >= 11 is 5.86. The molecular weight excluding hydrogens is 316 g/mol. The summed E-state index contributed by atoms with van der Waals surface area (Å²) in [7, 11) is -2.79. The zero-order valence-electron chi connectivity index (χ0n) is 12.4. The summed E-state index contributed by atoms with van der Waals surface area (Å²) in [6, 6.07) is 2.49. The second-order valence-corrected chi connectivity index (χ2v) is 7.74. The monoisotopic (exact) mass is 334 g/mol. The molecule has 1 amide bonds. The van der Waals surface area contributed by atoms with Crippen LogP contribution in [0.15, 0.2) is 17.0 Å². The van der Waals surface area contributed by atoms with E-state index in [1.54, 1.807) is 0 Å². The minimum Gasteiger partial charge on any atom is -0.494 e. The highest BCUT2D eigenvalue weighted by atomic mass is 35.5. The predicted octanol–water partition coefficient (Wildman–Crippen LogP) is 1.77. The van der Waals surface area contributed by atoms with Gasteiger partial charge in [0.05, 0.1) is 12.7 Å². The minimum absolute atomic E-state index is 0.0262. The van der Waals surface area contributed by atoms with Gasteiger partial charge in [-0.05, 0) is 17.5 Å². The molecule has 0 fully saturated rings. The average Bonchev–Trinajstić information content (AvgIpc) is 2.32. The largest absolute Gasteiger partial charge is 0.494 e. The Balaban J connectivity index is 3.30. The van der Waals surface area contributed by atoms with E-state index >= 15 is 0 Å². The molecule has 0 unspecified atom stereocenters. The molecule has 0 heterocycles. The van der Waals surface area contributed by atoms with E-state index in [1.165, 1.54) is 13.2 Å². The third-order valence-electron chi connectivity index (χ3n) is 2.55. The number of methoxy groups -OCH3 is 1. The van der Waals surface area contributed by atoms with Crippen molar-refractivity contribution >= 4 is 27.5 Å². The van der Waals surface area contributed by atoms with Gasteiger partial charge in [-0.1, -0.05) is 32.4 Å². The van der Waals surface area contributed by atoms with E-state index in [-0.39, 0.29) is 26.6 Å². The van der Waals surface area contributed by atoms with Crippen molar-refractivity contribution in [2.45, 2.75) is 25.7 Å². The zero-order valence-corrected chi connectivity index (χ0v) is 13.9. The Morgan fingerprint density at radius 2 is 1.95 bits per heavy atom. The van der Waals surface area contributed by atoms with Gasteiger partial charge < -0.3 is 10.1 Å². The van der Waals surface area contributed by atoms with Gasteiger partial charge in [-0.3, -0.25) is 4.79 Å². The molecule has 0 spiro atoms. The van der Waals surface area contributed by atoms with Gasteiger partial charge in [0, 0.05) is 11.6 Å². The lowest BCUT2D eigenvalue weighted by Crippen LogP contribution is -2.32. The van der Waals surface area contributed by atoms with Crippen molar-refractivity contribution < 1.29 is 17.9 Å². The van der Waals surface area contributed by atoms with Crippen LogP contribution < -0.4 is 15.2 Å². The normalized spacial score (nSPS) is 12.1. The van der Waals surface area contributed by atoms with Crippen LogP contribution in [0.4, 0.5) is 0 Å². The number of hydrogen-bond donors (Lipinski definition) is 2. The van der Waals surface area contributed by atoms with Crippen LogP contribution in [0.1, 0.15) is 31.1 Å². The first-order valence-electron chi connectivity index (χ1n) is 6.14. The number of carbonyl (C=O) groups excluding carboxylic acids is 1. The highest BCUT2D eigenvalue weighted by Gasteiger charge is 2.24. The average molecular weight is 335 g/mol. The minimum atomic E-state index is -4.06. The molecule has 0 atom stereocenters. The fourth-order valence-electron chi connectivity index (χ4n) is 1.60. The van der Waals surface area contributed by atoms with Crippen molar-refractivity contribution in [2.24, 2.45) is 10.6 Å². The Labute approximate surface area is 129 Å². The number of hydrogen-bond acceptors (Lipinski definition) is 4. The van der Waals surface area contributed by atoms with E-state index in [2.05, 4.69) is 5.32 Å². The SMILES string of the molecule is COc1c(C(=O)NCC(C)(C)C)cc(Cl)cc1S(N)(=O)=O. The lowest BCUT2D eigenvalue weighted by molar-refractivity contribution is 0.0936. The van der Waals surface area contributed by atoms with Gasteiger partial charge in [0.15, 0.2) is 5.75 Å². The molecule has 8 heteroatoms. The second-order valence-electron chi connectivity index (χ2n) is 5.77. The molecule has 0 saturated carbocycles. The van der Waals surface area contributed by atoms with Gasteiger partial charge in [0.2, 0.25) is 10.0 Å². The van der Waals surface area contributed by atoms with Gasteiger partial charge in [-0.15, -0.1) is 0 Å². The first-order valence-corrected chi connectivity index (χ1v) is 8.06. The lowest BCUT2D eigenvalue weighted by Gasteiger charge is -2.19. The van der Waals surface area contributed by atoms with Gasteiger partial charge >= 0.3 is 0 Å². The fourth-order valence-corrected chi connectivity index (χ4v) is 2.63. The smallest absolute Gasteiger partial charge is 0.255 e. The Morgan fingerprint density at radius 1 is 1.38 bits per heavy atom. The van der Waals surface area contributed by atoms with Crippen LogP contribution >= 0.6 is 11.6 Å². The number of carbonyl (C=O) groups is 1. The molecule has 0 aliphatic rings. The Bertz CT molecular complexity index is 651. The van der Waals surface area contributed by atoms with Crippen molar-refractivity contribution in [1.29, 1.82) is 0 Å². The van der Waals surface area contributed by atoms with Crippen LogP contribution in [0.5, 0.6) is 5.75 Å².